The van der Waals surface area contributed by atoms with Gasteiger partial charge in [-0.25, -0.2) is 16.8 Å². The zero-order chi connectivity index (χ0) is 24.1. The molecular weight excluding hydrogens is 460 g/mol. The fourth-order valence-electron chi connectivity index (χ4n) is 4.27. The number of benzene rings is 2. The maximum Gasteiger partial charge on any atom is 0.243 e. The van der Waals surface area contributed by atoms with E-state index in [9.17, 15) is 21.6 Å². The van der Waals surface area contributed by atoms with Crippen LogP contribution in [0.2, 0.25) is 0 Å². The minimum Gasteiger partial charge on any atom is -0.325 e. The van der Waals surface area contributed by atoms with Crippen LogP contribution in [0.25, 0.3) is 0 Å². The molecule has 0 spiro atoms. The van der Waals surface area contributed by atoms with Gasteiger partial charge in [0.15, 0.2) is 9.84 Å². The fourth-order valence-corrected chi connectivity index (χ4v) is 7.15. The molecule has 1 saturated heterocycles. The molecule has 1 amide bonds. The number of sulfone groups is 1. The summed E-state index contributed by atoms with van der Waals surface area (Å²) in [4.78, 5) is 12.4. The van der Waals surface area contributed by atoms with Gasteiger partial charge in [-0.1, -0.05) is 44.2 Å². The quantitative estimate of drug-likeness (QED) is 0.579. The van der Waals surface area contributed by atoms with Crippen molar-refractivity contribution in [3.63, 3.8) is 0 Å². The van der Waals surface area contributed by atoms with E-state index >= 15 is 0 Å². The highest BCUT2D eigenvalue weighted by Crippen LogP contribution is 2.27. The smallest absolute Gasteiger partial charge is 0.243 e. The second-order valence-corrected chi connectivity index (χ2v) is 13.1. The van der Waals surface area contributed by atoms with Gasteiger partial charge < -0.3 is 5.32 Å². The van der Waals surface area contributed by atoms with Gasteiger partial charge in [0.2, 0.25) is 15.9 Å². The molecule has 2 unspecified atom stereocenters. The summed E-state index contributed by atoms with van der Waals surface area (Å²) in [6.07, 6.45) is 2.08. The van der Waals surface area contributed by atoms with E-state index in [1.807, 2.05) is 44.2 Å². The Labute approximate surface area is 197 Å². The summed E-state index contributed by atoms with van der Waals surface area (Å²) in [5.41, 5.74) is 1.42. The van der Waals surface area contributed by atoms with E-state index in [-0.39, 0.29) is 10.6 Å². The highest BCUT2D eigenvalue weighted by molar-refractivity contribution is 7.92. The van der Waals surface area contributed by atoms with Gasteiger partial charge in [-0.2, -0.15) is 4.31 Å². The number of nitrogens with zero attached hydrogens (tertiary/aromatic N) is 1. The van der Waals surface area contributed by atoms with Crippen molar-refractivity contribution in [2.75, 3.05) is 29.9 Å². The van der Waals surface area contributed by atoms with Crippen molar-refractivity contribution >= 4 is 31.5 Å². The fraction of sp³-hybridized carbons (Fsp3) is 0.458. The standard InChI is InChI=1S/C24H32N2O5S2/c1-19-15-20(2)17-26(16-19)33(30,31)23-12-10-22(11-13-23)25-24(27)18-32(28,29)14-6-9-21-7-4-3-5-8-21/h3-5,7-8,10-13,19-20H,6,9,14-18H2,1-2H3,(H,25,27). The average molecular weight is 493 g/mol. The Kier molecular flexibility index (Phi) is 8.31. The Bertz CT molecular complexity index is 1140. The number of carbonyl (C=O) groups excluding carboxylic acids is 1. The molecule has 7 nitrogen and oxygen atoms in total. The van der Waals surface area contributed by atoms with Crippen LogP contribution < -0.4 is 5.32 Å². The molecule has 2 aromatic carbocycles. The molecular formula is C24H32N2O5S2. The number of anilines is 1. The zero-order valence-corrected chi connectivity index (χ0v) is 20.7. The zero-order valence-electron chi connectivity index (χ0n) is 19.1. The van der Waals surface area contributed by atoms with Crippen molar-refractivity contribution in [2.24, 2.45) is 11.8 Å². The lowest BCUT2D eigenvalue weighted by molar-refractivity contribution is -0.113. The van der Waals surface area contributed by atoms with E-state index in [0.29, 0.717) is 43.5 Å². The molecule has 2 atom stereocenters. The van der Waals surface area contributed by atoms with Crippen LogP contribution in [0.5, 0.6) is 0 Å². The van der Waals surface area contributed by atoms with Gasteiger partial charge in [0, 0.05) is 18.8 Å². The van der Waals surface area contributed by atoms with Gasteiger partial charge in [0.25, 0.3) is 0 Å². The van der Waals surface area contributed by atoms with Crippen LogP contribution in [-0.4, -0.2) is 51.6 Å². The second kappa shape index (κ2) is 10.8. The van der Waals surface area contributed by atoms with Crippen LogP contribution in [0.15, 0.2) is 59.5 Å². The minimum atomic E-state index is -3.61. The summed E-state index contributed by atoms with van der Waals surface area (Å²) in [6.45, 7) is 5.08. The van der Waals surface area contributed by atoms with Crippen LogP contribution in [0.3, 0.4) is 0 Å². The third-order valence-corrected chi connectivity index (χ3v) is 9.18. The average Bonchev–Trinajstić information content (AvgIpc) is 2.73. The first kappa shape index (κ1) is 25.4. The first-order valence-corrected chi connectivity index (χ1v) is 14.5. The Morgan fingerprint density at radius 2 is 1.55 bits per heavy atom. The Balaban J connectivity index is 1.54. The van der Waals surface area contributed by atoms with Crippen LogP contribution in [0.4, 0.5) is 5.69 Å². The lowest BCUT2D eigenvalue weighted by Gasteiger charge is -2.34. The highest BCUT2D eigenvalue weighted by Gasteiger charge is 2.31. The molecule has 0 radical (unpaired) electrons. The molecule has 1 aliphatic heterocycles. The van der Waals surface area contributed by atoms with E-state index in [0.717, 1.165) is 12.0 Å². The summed E-state index contributed by atoms with van der Waals surface area (Å²) in [6, 6.07) is 15.5. The number of sulfonamides is 1. The summed E-state index contributed by atoms with van der Waals surface area (Å²) >= 11 is 0. The summed E-state index contributed by atoms with van der Waals surface area (Å²) in [7, 11) is -7.15. The normalized spacial score (nSPS) is 19.8. The van der Waals surface area contributed by atoms with Crippen LogP contribution in [0.1, 0.15) is 32.3 Å². The predicted molar refractivity (Wildman–Crippen MR) is 130 cm³/mol. The van der Waals surface area contributed by atoms with E-state index < -0.39 is 31.5 Å². The Morgan fingerprint density at radius 3 is 2.15 bits per heavy atom. The van der Waals surface area contributed by atoms with E-state index in [1.54, 1.807) is 0 Å². The van der Waals surface area contributed by atoms with Gasteiger partial charge >= 0.3 is 0 Å². The largest absolute Gasteiger partial charge is 0.325 e. The minimum absolute atomic E-state index is 0.0703. The Morgan fingerprint density at radius 1 is 0.939 bits per heavy atom. The van der Waals surface area contributed by atoms with Crippen molar-refractivity contribution < 1.29 is 21.6 Å². The van der Waals surface area contributed by atoms with Gasteiger partial charge in [0.05, 0.1) is 10.6 Å². The topological polar surface area (TPSA) is 101 Å². The molecule has 33 heavy (non-hydrogen) atoms. The highest BCUT2D eigenvalue weighted by atomic mass is 32.2. The number of nitrogens with one attached hydrogen (secondary N) is 1. The summed E-state index contributed by atoms with van der Waals surface area (Å²) in [5, 5.41) is 2.55. The molecule has 1 heterocycles. The lowest BCUT2D eigenvalue weighted by Crippen LogP contribution is -2.42. The third kappa shape index (κ3) is 7.38. The van der Waals surface area contributed by atoms with Crippen LogP contribution in [0, 0.1) is 11.8 Å². The molecule has 0 saturated carbocycles. The van der Waals surface area contributed by atoms with Gasteiger partial charge in [0.1, 0.15) is 5.75 Å². The van der Waals surface area contributed by atoms with E-state index in [4.69, 9.17) is 0 Å². The van der Waals surface area contributed by atoms with Crippen molar-refractivity contribution in [1.82, 2.24) is 4.31 Å². The first-order chi connectivity index (χ1) is 15.5. The maximum atomic E-state index is 13.0. The van der Waals surface area contributed by atoms with E-state index in [1.165, 1.54) is 28.6 Å². The maximum absolute atomic E-state index is 13.0. The predicted octanol–water partition coefficient (Wildman–Crippen LogP) is 3.34. The number of hydrogen-bond donors (Lipinski definition) is 1. The molecule has 9 heteroatoms. The molecule has 2 aromatic rings. The van der Waals surface area contributed by atoms with Crippen molar-refractivity contribution in [2.45, 2.75) is 38.0 Å². The third-order valence-electron chi connectivity index (χ3n) is 5.73. The van der Waals surface area contributed by atoms with Crippen molar-refractivity contribution in [3.05, 3.63) is 60.2 Å². The summed E-state index contributed by atoms with van der Waals surface area (Å²) in [5.74, 6) is -0.706. The van der Waals surface area contributed by atoms with Gasteiger partial charge in [-0.05, 0) is 60.9 Å². The van der Waals surface area contributed by atoms with Gasteiger partial charge in [-0.3, -0.25) is 4.79 Å². The molecule has 180 valence electrons. The van der Waals surface area contributed by atoms with Gasteiger partial charge in [-0.15, -0.1) is 0 Å². The number of amides is 1. The molecule has 1 fully saturated rings. The first-order valence-electron chi connectivity index (χ1n) is 11.2. The number of piperidine rings is 1. The Hall–Kier alpha value is -2.23. The number of aryl methyl sites for hydroxylation is 1. The van der Waals surface area contributed by atoms with E-state index in [2.05, 4.69) is 5.32 Å². The van der Waals surface area contributed by atoms with Crippen LogP contribution >= 0.6 is 0 Å². The van der Waals surface area contributed by atoms with Crippen LogP contribution in [-0.2, 0) is 31.1 Å². The van der Waals surface area contributed by atoms with Crippen molar-refractivity contribution in [1.29, 1.82) is 0 Å². The monoisotopic (exact) mass is 492 g/mol. The molecule has 0 bridgehead atoms. The molecule has 1 aliphatic rings. The lowest BCUT2D eigenvalue weighted by atomic mass is 9.94. The molecule has 1 N–H and O–H groups in total. The number of carbonyl (C=O) groups is 1. The summed E-state index contributed by atoms with van der Waals surface area (Å²) < 4.78 is 52.0. The second-order valence-electron chi connectivity index (χ2n) is 9.02. The van der Waals surface area contributed by atoms with Crippen molar-refractivity contribution in [3.8, 4) is 0 Å². The molecule has 3 rings (SSSR count). The molecule has 0 aromatic heterocycles. The molecule has 0 aliphatic carbocycles. The number of rotatable bonds is 9. The SMILES string of the molecule is CC1CC(C)CN(S(=O)(=O)c2ccc(NC(=O)CS(=O)(=O)CCCc3ccccc3)cc2)C1. The number of hydrogen-bond acceptors (Lipinski definition) is 5.